The quantitative estimate of drug-likeness (QED) is 0.736. The van der Waals surface area contributed by atoms with Crippen molar-refractivity contribution in [3.63, 3.8) is 0 Å². The van der Waals surface area contributed by atoms with Crippen LogP contribution in [0.5, 0.6) is 0 Å². The second-order valence-electron chi connectivity index (χ2n) is 4.37. The molecule has 5 nitrogen and oxygen atoms in total. The number of carbonyl (C=O) groups excluding carboxylic acids is 1. The van der Waals surface area contributed by atoms with Gasteiger partial charge >= 0.3 is 0 Å². The Hall–Kier alpha value is -1.54. The van der Waals surface area contributed by atoms with Crippen molar-refractivity contribution in [2.24, 2.45) is 0 Å². The SMILES string of the molecule is C=CCNC(=O)c1ccc(NS(=O)(=O)c2cc(Cl)sc2Cl)cc1. The minimum Gasteiger partial charge on any atom is -0.349 e. The average Bonchev–Trinajstić information content (AvgIpc) is 2.85. The van der Waals surface area contributed by atoms with E-state index >= 15 is 0 Å². The first kappa shape index (κ1) is 17.8. The van der Waals surface area contributed by atoms with Crippen molar-refractivity contribution in [3.05, 3.63) is 57.2 Å². The molecule has 0 radical (unpaired) electrons. The summed E-state index contributed by atoms with van der Waals surface area (Å²) < 4.78 is 27.3. The summed E-state index contributed by atoms with van der Waals surface area (Å²) in [6.45, 7) is 3.86. The Kier molecular flexibility index (Phi) is 5.69. The van der Waals surface area contributed by atoms with Crippen LogP contribution in [0.1, 0.15) is 10.4 Å². The summed E-state index contributed by atoms with van der Waals surface area (Å²) in [5, 5.41) is 2.63. The standard InChI is InChI=1S/C14H12Cl2N2O3S2/c1-2-7-17-14(19)9-3-5-10(6-4-9)18-23(20,21)11-8-12(15)22-13(11)16/h2-6,8,18H,1,7H2,(H,17,19). The molecule has 23 heavy (non-hydrogen) atoms. The van der Waals surface area contributed by atoms with Gasteiger partial charge in [0.2, 0.25) is 0 Å². The Bertz CT molecular complexity index is 830. The molecule has 2 N–H and O–H groups in total. The number of hydrogen-bond donors (Lipinski definition) is 2. The lowest BCUT2D eigenvalue weighted by Gasteiger charge is -2.08. The van der Waals surface area contributed by atoms with E-state index in [1.54, 1.807) is 6.08 Å². The van der Waals surface area contributed by atoms with Gasteiger partial charge in [0.1, 0.15) is 9.23 Å². The highest BCUT2D eigenvalue weighted by Gasteiger charge is 2.21. The number of hydrogen-bond acceptors (Lipinski definition) is 4. The number of thiophene rings is 1. The molecule has 0 fully saturated rings. The monoisotopic (exact) mass is 390 g/mol. The van der Waals surface area contributed by atoms with Gasteiger partial charge < -0.3 is 5.32 Å². The van der Waals surface area contributed by atoms with Crippen LogP contribution in [0.3, 0.4) is 0 Å². The molecular formula is C14H12Cl2N2O3S2. The molecule has 1 aromatic heterocycles. The zero-order valence-corrected chi connectivity index (χ0v) is 14.8. The van der Waals surface area contributed by atoms with E-state index in [4.69, 9.17) is 23.2 Å². The van der Waals surface area contributed by atoms with E-state index in [-0.39, 0.29) is 19.5 Å². The molecule has 0 saturated carbocycles. The molecule has 0 unspecified atom stereocenters. The molecule has 1 aromatic carbocycles. The maximum atomic E-state index is 12.3. The number of nitrogens with one attached hydrogen (secondary N) is 2. The predicted octanol–water partition coefficient (Wildman–Crippen LogP) is 3.77. The van der Waals surface area contributed by atoms with E-state index in [1.807, 2.05) is 0 Å². The van der Waals surface area contributed by atoms with Crippen molar-refractivity contribution in [1.82, 2.24) is 5.32 Å². The third-order valence-corrected chi connectivity index (χ3v) is 5.86. The summed E-state index contributed by atoms with van der Waals surface area (Å²) in [6, 6.07) is 7.29. The number of anilines is 1. The van der Waals surface area contributed by atoms with Crippen LogP contribution in [0.2, 0.25) is 8.67 Å². The minimum atomic E-state index is -3.84. The van der Waals surface area contributed by atoms with Crippen LogP contribution in [-0.4, -0.2) is 20.9 Å². The van der Waals surface area contributed by atoms with Gasteiger partial charge in [-0.15, -0.1) is 17.9 Å². The van der Waals surface area contributed by atoms with Crippen LogP contribution in [0.25, 0.3) is 0 Å². The molecule has 9 heteroatoms. The Morgan fingerprint density at radius 3 is 2.43 bits per heavy atom. The van der Waals surface area contributed by atoms with Gasteiger partial charge in [-0.25, -0.2) is 8.42 Å². The summed E-state index contributed by atoms with van der Waals surface area (Å²) in [5.74, 6) is -0.271. The van der Waals surface area contributed by atoms with E-state index in [0.717, 1.165) is 11.3 Å². The molecule has 0 saturated heterocycles. The second-order valence-corrected chi connectivity index (χ2v) is 8.31. The first-order chi connectivity index (χ1) is 10.8. The van der Waals surface area contributed by atoms with Crippen LogP contribution in [-0.2, 0) is 10.0 Å². The maximum absolute atomic E-state index is 12.3. The maximum Gasteiger partial charge on any atom is 0.264 e. The van der Waals surface area contributed by atoms with Crippen LogP contribution in [0, 0.1) is 0 Å². The lowest BCUT2D eigenvalue weighted by Crippen LogP contribution is -2.23. The van der Waals surface area contributed by atoms with E-state index in [9.17, 15) is 13.2 Å². The van der Waals surface area contributed by atoms with E-state index in [0.29, 0.717) is 17.8 Å². The molecule has 0 spiro atoms. The van der Waals surface area contributed by atoms with Crippen molar-refractivity contribution in [1.29, 1.82) is 0 Å². The third kappa shape index (κ3) is 4.48. The van der Waals surface area contributed by atoms with Crippen molar-refractivity contribution >= 4 is 56.2 Å². The molecule has 2 aromatic rings. The summed E-state index contributed by atoms with van der Waals surface area (Å²) in [7, 11) is -3.84. The third-order valence-electron chi connectivity index (χ3n) is 2.72. The Morgan fingerprint density at radius 2 is 1.91 bits per heavy atom. The molecule has 1 heterocycles. The smallest absolute Gasteiger partial charge is 0.264 e. The number of rotatable bonds is 6. The highest BCUT2D eigenvalue weighted by molar-refractivity contribution is 7.93. The molecule has 0 atom stereocenters. The van der Waals surface area contributed by atoms with Gasteiger partial charge in [0, 0.05) is 17.8 Å². The first-order valence-corrected chi connectivity index (χ1v) is 9.36. The van der Waals surface area contributed by atoms with Crippen LogP contribution < -0.4 is 10.0 Å². The van der Waals surface area contributed by atoms with Gasteiger partial charge in [0.15, 0.2) is 0 Å². The van der Waals surface area contributed by atoms with Gasteiger partial charge in [-0.1, -0.05) is 29.3 Å². The van der Waals surface area contributed by atoms with Crippen LogP contribution in [0.4, 0.5) is 5.69 Å². The summed E-state index contributed by atoms with van der Waals surface area (Å²) in [6.07, 6.45) is 1.57. The molecule has 0 aliphatic heterocycles. The zero-order chi connectivity index (χ0) is 17.0. The van der Waals surface area contributed by atoms with E-state index in [1.165, 1.54) is 30.3 Å². The fourth-order valence-electron chi connectivity index (χ4n) is 1.68. The highest BCUT2D eigenvalue weighted by Crippen LogP contribution is 2.35. The predicted molar refractivity (Wildman–Crippen MR) is 94.1 cm³/mol. The Balaban J connectivity index is 2.16. The number of amides is 1. The summed E-state index contributed by atoms with van der Waals surface area (Å²) in [5.41, 5.74) is 0.718. The molecule has 122 valence electrons. The Morgan fingerprint density at radius 1 is 1.26 bits per heavy atom. The van der Waals surface area contributed by atoms with Crippen molar-refractivity contribution < 1.29 is 13.2 Å². The summed E-state index contributed by atoms with van der Waals surface area (Å²) >= 11 is 12.6. The van der Waals surface area contributed by atoms with Gasteiger partial charge in [-0.3, -0.25) is 9.52 Å². The van der Waals surface area contributed by atoms with Crippen molar-refractivity contribution in [2.75, 3.05) is 11.3 Å². The van der Waals surface area contributed by atoms with Crippen molar-refractivity contribution in [2.45, 2.75) is 4.90 Å². The van der Waals surface area contributed by atoms with Crippen molar-refractivity contribution in [3.8, 4) is 0 Å². The largest absolute Gasteiger partial charge is 0.349 e. The van der Waals surface area contributed by atoms with E-state index < -0.39 is 10.0 Å². The number of sulfonamides is 1. The zero-order valence-electron chi connectivity index (χ0n) is 11.7. The molecule has 0 aliphatic carbocycles. The van der Waals surface area contributed by atoms with Gasteiger partial charge in [0.25, 0.3) is 15.9 Å². The first-order valence-electron chi connectivity index (χ1n) is 6.30. The number of halogens is 2. The van der Waals surface area contributed by atoms with Crippen LogP contribution >= 0.6 is 34.5 Å². The molecule has 1 amide bonds. The van der Waals surface area contributed by atoms with Crippen LogP contribution in [0.15, 0.2) is 47.9 Å². The van der Waals surface area contributed by atoms with Gasteiger partial charge in [0.05, 0.1) is 4.34 Å². The Labute approximate surface area is 148 Å². The molecular weight excluding hydrogens is 379 g/mol. The number of carbonyl (C=O) groups is 1. The van der Waals surface area contributed by atoms with E-state index in [2.05, 4.69) is 16.6 Å². The normalized spacial score (nSPS) is 11.0. The highest BCUT2D eigenvalue weighted by atomic mass is 35.5. The van der Waals surface area contributed by atoms with Gasteiger partial charge in [-0.05, 0) is 30.3 Å². The topological polar surface area (TPSA) is 75.3 Å². The van der Waals surface area contributed by atoms with Gasteiger partial charge in [-0.2, -0.15) is 0 Å². The lowest BCUT2D eigenvalue weighted by atomic mass is 10.2. The lowest BCUT2D eigenvalue weighted by molar-refractivity contribution is 0.0958. The molecule has 0 bridgehead atoms. The fourth-order valence-corrected chi connectivity index (χ4v) is 4.88. The minimum absolute atomic E-state index is 0.0815. The average molecular weight is 391 g/mol. The molecule has 2 rings (SSSR count). The fraction of sp³-hybridized carbons (Fsp3) is 0.0714. The summed E-state index contributed by atoms with van der Waals surface area (Å²) in [4.78, 5) is 11.7. The number of benzene rings is 1. The second kappa shape index (κ2) is 7.35. The molecule has 0 aliphatic rings.